The van der Waals surface area contributed by atoms with Crippen LogP contribution in [-0.2, 0) is 19.3 Å². The van der Waals surface area contributed by atoms with E-state index in [1.54, 1.807) is 0 Å². The van der Waals surface area contributed by atoms with Crippen LogP contribution >= 0.6 is 0 Å². The van der Waals surface area contributed by atoms with E-state index in [0.717, 1.165) is 107 Å². The summed E-state index contributed by atoms with van der Waals surface area (Å²) in [4.78, 5) is 11.6. The van der Waals surface area contributed by atoms with Crippen molar-refractivity contribution in [3.05, 3.63) is 16.7 Å². The summed E-state index contributed by atoms with van der Waals surface area (Å²) in [6.45, 7) is 9.25. The third-order valence-electron chi connectivity index (χ3n) is 6.73. The van der Waals surface area contributed by atoms with Crippen LogP contribution in [0.2, 0.25) is 0 Å². The van der Waals surface area contributed by atoms with Crippen molar-refractivity contribution in [2.75, 3.05) is 6.61 Å². The Morgan fingerprint density at radius 2 is 1.06 bits per heavy atom. The standard InChI is InChI=1S/C30H52O5/c1-5-9-13-16-20-24-25(21-17-14-10-6-2)27(31)29(35-30(32)33)28(34-23-19-12-8-4)26(24)22-18-15-11-7-3/h31H,5-23H2,1-4H3,(H,32,33). The molecule has 0 atom stereocenters. The Balaban J connectivity index is 3.51. The maximum atomic E-state index is 11.6. The number of carbonyl (C=O) groups is 1. The zero-order chi connectivity index (χ0) is 25.9. The Kier molecular flexibility index (Phi) is 17.2. The van der Waals surface area contributed by atoms with E-state index in [-0.39, 0.29) is 11.5 Å². The molecule has 0 heterocycles. The molecule has 5 nitrogen and oxygen atoms in total. The summed E-state index contributed by atoms with van der Waals surface area (Å²) in [5.74, 6) is 0.430. The second kappa shape index (κ2) is 19.3. The number of aromatic hydroxyl groups is 1. The molecule has 0 unspecified atom stereocenters. The molecule has 2 N–H and O–H groups in total. The molecule has 1 rings (SSSR count). The van der Waals surface area contributed by atoms with Gasteiger partial charge >= 0.3 is 6.16 Å². The van der Waals surface area contributed by atoms with Gasteiger partial charge < -0.3 is 19.7 Å². The van der Waals surface area contributed by atoms with Crippen LogP contribution in [0, 0.1) is 0 Å². The van der Waals surface area contributed by atoms with Gasteiger partial charge in [0.2, 0.25) is 5.75 Å². The van der Waals surface area contributed by atoms with Gasteiger partial charge in [-0.05, 0) is 50.5 Å². The monoisotopic (exact) mass is 492 g/mol. The number of hydrogen-bond acceptors (Lipinski definition) is 4. The molecule has 0 aliphatic rings. The number of unbranched alkanes of at least 4 members (excludes halogenated alkanes) is 11. The lowest BCUT2D eigenvalue weighted by Crippen LogP contribution is -2.12. The van der Waals surface area contributed by atoms with Crippen molar-refractivity contribution in [2.24, 2.45) is 0 Å². The van der Waals surface area contributed by atoms with E-state index in [2.05, 4.69) is 27.7 Å². The van der Waals surface area contributed by atoms with Crippen LogP contribution in [0.5, 0.6) is 17.2 Å². The molecule has 5 heteroatoms. The van der Waals surface area contributed by atoms with E-state index in [1.807, 2.05) is 0 Å². The fraction of sp³-hybridized carbons (Fsp3) is 0.767. The molecule has 0 saturated carbocycles. The molecule has 1 aromatic carbocycles. The summed E-state index contributed by atoms with van der Waals surface area (Å²) in [5.41, 5.74) is 3.11. The topological polar surface area (TPSA) is 76.0 Å². The first-order valence-corrected chi connectivity index (χ1v) is 14.4. The van der Waals surface area contributed by atoms with Crippen LogP contribution in [0.3, 0.4) is 0 Å². The van der Waals surface area contributed by atoms with Crippen molar-refractivity contribution >= 4 is 6.16 Å². The highest BCUT2D eigenvalue weighted by Crippen LogP contribution is 2.47. The van der Waals surface area contributed by atoms with Gasteiger partial charge in [-0.1, -0.05) is 98.3 Å². The van der Waals surface area contributed by atoms with Crippen LogP contribution in [0.25, 0.3) is 0 Å². The number of hydrogen-bond donors (Lipinski definition) is 2. The molecule has 0 saturated heterocycles. The van der Waals surface area contributed by atoms with Crippen molar-refractivity contribution in [3.63, 3.8) is 0 Å². The minimum atomic E-state index is -1.41. The van der Waals surface area contributed by atoms with E-state index in [1.165, 1.54) is 24.8 Å². The predicted octanol–water partition coefficient (Wildman–Crippen LogP) is 9.39. The van der Waals surface area contributed by atoms with Crippen molar-refractivity contribution in [1.29, 1.82) is 0 Å². The summed E-state index contributed by atoms with van der Waals surface area (Å²) in [6.07, 6.45) is 17.5. The number of ether oxygens (including phenoxy) is 2. The minimum absolute atomic E-state index is 0.00212. The largest absolute Gasteiger partial charge is 0.511 e. The lowest BCUT2D eigenvalue weighted by molar-refractivity contribution is 0.140. The first-order chi connectivity index (χ1) is 17.0. The number of benzene rings is 1. The van der Waals surface area contributed by atoms with Crippen molar-refractivity contribution in [1.82, 2.24) is 0 Å². The number of phenols is 1. The van der Waals surface area contributed by atoms with Crippen LogP contribution in [0.4, 0.5) is 4.79 Å². The van der Waals surface area contributed by atoms with Gasteiger partial charge in [0.15, 0.2) is 11.5 Å². The fourth-order valence-electron chi connectivity index (χ4n) is 4.73. The molecule has 0 aromatic heterocycles. The average molecular weight is 493 g/mol. The molecule has 0 radical (unpaired) electrons. The van der Waals surface area contributed by atoms with E-state index in [9.17, 15) is 15.0 Å². The van der Waals surface area contributed by atoms with Gasteiger partial charge in [-0.25, -0.2) is 4.79 Å². The maximum absolute atomic E-state index is 11.6. The van der Waals surface area contributed by atoms with Gasteiger partial charge in [-0.2, -0.15) is 0 Å². The molecule has 0 aliphatic carbocycles. The second-order valence-corrected chi connectivity index (χ2v) is 9.80. The SMILES string of the molecule is CCCCCCc1c(O)c(OC(=O)O)c(OCCCCC)c(CCCCCC)c1CCCCCC. The third-order valence-corrected chi connectivity index (χ3v) is 6.73. The Morgan fingerprint density at radius 1 is 0.600 bits per heavy atom. The molecule has 202 valence electrons. The summed E-state index contributed by atoms with van der Waals surface area (Å²) in [6, 6.07) is 0. The number of rotatable bonds is 21. The molecular weight excluding hydrogens is 440 g/mol. The molecule has 0 fully saturated rings. The van der Waals surface area contributed by atoms with Gasteiger partial charge in [-0.15, -0.1) is 0 Å². The highest BCUT2D eigenvalue weighted by Gasteiger charge is 2.27. The van der Waals surface area contributed by atoms with E-state index < -0.39 is 6.16 Å². The van der Waals surface area contributed by atoms with Gasteiger partial charge in [0.25, 0.3) is 0 Å². The van der Waals surface area contributed by atoms with Gasteiger partial charge in [-0.3, -0.25) is 0 Å². The quantitative estimate of drug-likeness (QED) is 0.101. The van der Waals surface area contributed by atoms with Crippen LogP contribution in [0.1, 0.15) is 141 Å². The summed E-state index contributed by atoms with van der Waals surface area (Å²) < 4.78 is 11.4. The lowest BCUT2D eigenvalue weighted by Gasteiger charge is -2.24. The first kappa shape index (κ1) is 31.1. The summed E-state index contributed by atoms with van der Waals surface area (Å²) in [5, 5.41) is 20.8. The van der Waals surface area contributed by atoms with Gasteiger partial charge in [0.1, 0.15) is 0 Å². The molecule has 0 amide bonds. The number of phenolic OH excluding ortho intramolecular Hbond substituents is 1. The molecule has 0 aliphatic heterocycles. The van der Waals surface area contributed by atoms with Crippen molar-refractivity contribution in [3.8, 4) is 17.2 Å². The van der Waals surface area contributed by atoms with Crippen LogP contribution in [0.15, 0.2) is 0 Å². The normalized spacial score (nSPS) is 11.1. The Bertz CT molecular complexity index is 713. The van der Waals surface area contributed by atoms with Gasteiger partial charge in [0.05, 0.1) is 6.61 Å². The van der Waals surface area contributed by atoms with Crippen molar-refractivity contribution < 1.29 is 24.5 Å². The minimum Gasteiger partial charge on any atom is -0.504 e. The van der Waals surface area contributed by atoms with E-state index >= 15 is 0 Å². The molecule has 1 aromatic rings. The van der Waals surface area contributed by atoms with E-state index in [0.29, 0.717) is 12.4 Å². The highest BCUT2D eigenvalue weighted by molar-refractivity contribution is 5.70. The lowest BCUT2D eigenvalue weighted by atomic mass is 9.88. The first-order valence-electron chi connectivity index (χ1n) is 14.4. The Morgan fingerprint density at radius 3 is 1.54 bits per heavy atom. The summed E-state index contributed by atoms with van der Waals surface area (Å²) >= 11 is 0. The van der Waals surface area contributed by atoms with Crippen LogP contribution < -0.4 is 9.47 Å². The van der Waals surface area contributed by atoms with E-state index in [4.69, 9.17) is 9.47 Å². The number of carboxylic acid groups (broad SMARTS) is 1. The van der Waals surface area contributed by atoms with Crippen LogP contribution in [-0.4, -0.2) is 23.0 Å². The third kappa shape index (κ3) is 11.6. The summed E-state index contributed by atoms with van der Waals surface area (Å²) in [7, 11) is 0. The zero-order valence-electron chi connectivity index (χ0n) is 23.1. The average Bonchev–Trinajstić information content (AvgIpc) is 2.84. The Labute approximate surface area is 214 Å². The smallest absolute Gasteiger partial charge is 0.504 e. The zero-order valence-corrected chi connectivity index (χ0v) is 23.1. The van der Waals surface area contributed by atoms with Crippen molar-refractivity contribution in [2.45, 2.75) is 143 Å². The molecular formula is C30H52O5. The maximum Gasteiger partial charge on any atom is 0.511 e. The second-order valence-electron chi connectivity index (χ2n) is 9.80. The predicted molar refractivity (Wildman–Crippen MR) is 145 cm³/mol. The highest BCUT2D eigenvalue weighted by atomic mass is 16.7. The Hall–Kier alpha value is -1.91. The molecule has 0 spiro atoms. The van der Waals surface area contributed by atoms with Gasteiger partial charge in [0, 0.05) is 11.1 Å². The molecule has 35 heavy (non-hydrogen) atoms. The fourth-order valence-corrected chi connectivity index (χ4v) is 4.73. The molecule has 0 bridgehead atoms.